The van der Waals surface area contributed by atoms with E-state index in [9.17, 15) is 0 Å². The van der Waals surface area contributed by atoms with Crippen molar-refractivity contribution in [2.75, 3.05) is 19.5 Å². The van der Waals surface area contributed by atoms with Gasteiger partial charge in [-0.1, -0.05) is 36.4 Å². The fraction of sp³-hybridized carbons (Fsp3) is 0.130. The third kappa shape index (κ3) is 3.74. The Balaban J connectivity index is 1.69. The van der Waals surface area contributed by atoms with Crippen molar-refractivity contribution in [1.82, 2.24) is 9.97 Å². The molecule has 5 nitrogen and oxygen atoms in total. The second-order valence-corrected chi connectivity index (χ2v) is 6.35. The number of benzene rings is 3. The van der Waals surface area contributed by atoms with Crippen molar-refractivity contribution < 1.29 is 9.47 Å². The van der Waals surface area contributed by atoms with E-state index in [0.29, 0.717) is 12.4 Å². The number of aromatic nitrogens is 2. The topological polar surface area (TPSA) is 56.3 Å². The van der Waals surface area contributed by atoms with E-state index in [1.54, 1.807) is 14.2 Å². The Morgan fingerprint density at radius 3 is 2.36 bits per heavy atom. The first-order valence-corrected chi connectivity index (χ1v) is 9.05. The van der Waals surface area contributed by atoms with Gasteiger partial charge in [0.1, 0.15) is 17.3 Å². The van der Waals surface area contributed by atoms with Crippen molar-refractivity contribution in [3.63, 3.8) is 0 Å². The monoisotopic (exact) mass is 371 g/mol. The highest BCUT2D eigenvalue weighted by atomic mass is 16.5. The van der Waals surface area contributed by atoms with Crippen LogP contribution in [0.2, 0.25) is 0 Å². The highest BCUT2D eigenvalue weighted by Gasteiger charge is 2.10. The first kappa shape index (κ1) is 17.8. The van der Waals surface area contributed by atoms with Gasteiger partial charge in [0.25, 0.3) is 0 Å². The highest BCUT2D eigenvalue weighted by molar-refractivity contribution is 5.90. The molecule has 0 spiro atoms. The zero-order valence-corrected chi connectivity index (χ0v) is 15.8. The van der Waals surface area contributed by atoms with Crippen LogP contribution in [0.15, 0.2) is 72.8 Å². The van der Waals surface area contributed by atoms with Crippen molar-refractivity contribution >= 4 is 16.7 Å². The lowest BCUT2D eigenvalue weighted by molar-refractivity contribution is 0.414. The van der Waals surface area contributed by atoms with Gasteiger partial charge in [0, 0.05) is 17.5 Å². The Kier molecular flexibility index (Phi) is 5.06. The predicted molar refractivity (Wildman–Crippen MR) is 112 cm³/mol. The Morgan fingerprint density at radius 2 is 1.57 bits per heavy atom. The van der Waals surface area contributed by atoms with Gasteiger partial charge >= 0.3 is 0 Å². The minimum absolute atomic E-state index is 0.655. The molecule has 0 bridgehead atoms. The van der Waals surface area contributed by atoms with Gasteiger partial charge in [0.05, 0.1) is 19.7 Å². The summed E-state index contributed by atoms with van der Waals surface area (Å²) in [5.41, 5.74) is 2.96. The summed E-state index contributed by atoms with van der Waals surface area (Å²) in [4.78, 5) is 9.53. The lowest BCUT2D eigenvalue weighted by atomic mass is 10.1. The minimum atomic E-state index is 0.655. The number of nitrogens with zero attached hydrogens (tertiary/aromatic N) is 2. The zero-order valence-electron chi connectivity index (χ0n) is 15.8. The Morgan fingerprint density at radius 1 is 0.786 bits per heavy atom. The maximum absolute atomic E-state index is 5.34. The number of fused-ring (bicyclic) bond motifs is 1. The normalized spacial score (nSPS) is 10.6. The van der Waals surface area contributed by atoms with Gasteiger partial charge in [-0.15, -0.1) is 0 Å². The number of para-hydroxylation sites is 1. The van der Waals surface area contributed by atoms with Gasteiger partial charge in [-0.25, -0.2) is 9.97 Å². The van der Waals surface area contributed by atoms with Crippen LogP contribution in [0.4, 0.5) is 5.82 Å². The lowest BCUT2D eigenvalue weighted by Gasteiger charge is -2.12. The van der Waals surface area contributed by atoms with E-state index in [4.69, 9.17) is 19.4 Å². The van der Waals surface area contributed by atoms with Crippen LogP contribution in [0.5, 0.6) is 11.5 Å². The number of methoxy groups -OCH3 is 2. The van der Waals surface area contributed by atoms with Gasteiger partial charge in [0.15, 0.2) is 5.82 Å². The molecule has 0 amide bonds. The largest absolute Gasteiger partial charge is 0.497 e. The van der Waals surface area contributed by atoms with Gasteiger partial charge in [-0.05, 0) is 42.0 Å². The highest BCUT2D eigenvalue weighted by Crippen LogP contribution is 2.27. The van der Waals surface area contributed by atoms with E-state index < -0.39 is 0 Å². The fourth-order valence-electron chi connectivity index (χ4n) is 3.03. The Labute approximate surface area is 164 Å². The number of anilines is 1. The first-order valence-electron chi connectivity index (χ1n) is 9.05. The summed E-state index contributed by atoms with van der Waals surface area (Å²) in [5.74, 6) is 3.09. The van der Waals surface area contributed by atoms with E-state index in [1.807, 2.05) is 72.8 Å². The molecule has 0 saturated heterocycles. The molecule has 0 aliphatic heterocycles. The fourth-order valence-corrected chi connectivity index (χ4v) is 3.03. The van der Waals surface area contributed by atoms with E-state index in [1.165, 1.54) is 0 Å². The van der Waals surface area contributed by atoms with E-state index in [2.05, 4.69) is 5.32 Å². The van der Waals surface area contributed by atoms with Crippen molar-refractivity contribution in [3.05, 3.63) is 78.4 Å². The van der Waals surface area contributed by atoms with Crippen LogP contribution in [0, 0.1) is 0 Å². The summed E-state index contributed by atoms with van der Waals surface area (Å²) < 4.78 is 10.6. The average Bonchev–Trinajstić information content (AvgIpc) is 2.77. The molecule has 0 atom stereocenters. The van der Waals surface area contributed by atoms with Gasteiger partial charge in [-0.3, -0.25) is 0 Å². The minimum Gasteiger partial charge on any atom is -0.497 e. The molecule has 4 rings (SSSR count). The number of nitrogens with one attached hydrogen (secondary N) is 1. The summed E-state index contributed by atoms with van der Waals surface area (Å²) in [6, 6.07) is 23.8. The third-order valence-electron chi connectivity index (χ3n) is 4.55. The molecule has 0 unspecified atom stereocenters. The molecule has 3 aromatic carbocycles. The lowest BCUT2D eigenvalue weighted by Crippen LogP contribution is -2.04. The number of rotatable bonds is 6. The van der Waals surface area contributed by atoms with Crippen LogP contribution >= 0.6 is 0 Å². The molecule has 1 heterocycles. The molecule has 0 aliphatic carbocycles. The first-order chi connectivity index (χ1) is 13.8. The second-order valence-electron chi connectivity index (χ2n) is 6.35. The van der Waals surface area contributed by atoms with Crippen LogP contribution in [0.3, 0.4) is 0 Å². The van der Waals surface area contributed by atoms with E-state index >= 15 is 0 Å². The standard InChI is InChI=1S/C23H21N3O2/c1-27-18-12-10-16(11-13-18)15-24-23-20-8-3-4-9-21(20)25-22(26-23)17-6-5-7-19(14-17)28-2/h3-14H,15H2,1-2H3,(H,24,25,26). The van der Waals surface area contributed by atoms with Gasteiger partial charge in [-0.2, -0.15) is 0 Å². The smallest absolute Gasteiger partial charge is 0.162 e. The van der Waals surface area contributed by atoms with Gasteiger partial charge in [0.2, 0.25) is 0 Å². The third-order valence-corrected chi connectivity index (χ3v) is 4.55. The molecule has 0 radical (unpaired) electrons. The number of hydrogen-bond acceptors (Lipinski definition) is 5. The molecule has 28 heavy (non-hydrogen) atoms. The summed E-state index contributed by atoms with van der Waals surface area (Å²) in [7, 11) is 3.32. The zero-order chi connectivity index (χ0) is 19.3. The summed E-state index contributed by atoms with van der Waals surface area (Å²) in [6.45, 7) is 0.655. The summed E-state index contributed by atoms with van der Waals surface area (Å²) in [5, 5.41) is 4.45. The quantitative estimate of drug-likeness (QED) is 0.521. The molecule has 1 aromatic heterocycles. The molecular formula is C23H21N3O2. The molecule has 0 saturated carbocycles. The molecule has 5 heteroatoms. The van der Waals surface area contributed by atoms with Crippen molar-refractivity contribution in [1.29, 1.82) is 0 Å². The Bertz CT molecular complexity index is 1090. The number of ether oxygens (including phenoxy) is 2. The van der Waals surface area contributed by atoms with Crippen LogP contribution in [-0.2, 0) is 6.54 Å². The number of hydrogen-bond donors (Lipinski definition) is 1. The van der Waals surface area contributed by atoms with Crippen molar-refractivity contribution in [2.24, 2.45) is 0 Å². The van der Waals surface area contributed by atoms with Crippen molar-refractivity contribution in [3.8, 4) is 22.9 Å². The summed E-state index contributed by atoms with van der Waals surface area (Å²) in [6.07, 6.45) is 0. The SMILES string of the molecule is COc1ccc(CNc2nc(-c3cccc(OC)c3)nc3ccccc23)cc1. The maximum Gasteiger partial charge on any atom is 0.162 e. The molecule has 0 fully saturated rings. The van der Waals surface area contributed by atoms with Crippen LogP contribution < -0.4 is 14.8 Å². The van der Waals surface area contributed by atoms with Crippen LogP contribution in [0.1, 0.15) is 5.56 Å². The second kappa shape index (κ2) is 7.96. The van der Waals surface area contributed by atoms with Crippen molar-refractivity contribution in [2.45, 2.75) is 6.54 Å². The molecule has 1 N–H and O–H groups in total. The van der Waals surface area contributed by atoms with Gasteiger partial charge < -0.3 is 14.8 Å². The molecule has 140 valence electrons. The van der Waals surface area contributed by atoms with Crippen LogP contribution in [0.25, 0.3) is 22.3 Å². The summed E-state index contributed by atoms with van der Waals surface area (Å²) >= 11 is 0. The van der Waals surface area contributed by atoms with E-state index in [-0.39, 0.29) is 0 Å². The molecular weight excluding hydrogens is 350 g/mol. The molecule has 4 aromatic rings. The molecule has 0 aliphatic rings. The predicted octanol–water partition coefficient (Wildman–Crippen LogP) is 4.93. The van der Waals surface area contributed by atoms with Crippen LogP contribution in [-0.4, -0.2) is 24.2 Å². The average molecular weight is 371 g/mol. The Hall–Kier alpha value is -3.60. The van der Waals surface area contributed by atoms with E-state index in [0.717, 1.165) is 39.3 Å². The maximum atomic E-state index is 5.34.